The lowest BCUT2D eigenvalue weighted by atomic mass is 10.4. The van der Waals surface area contributed by atoms with Crippen molar-refractivity contribution in [1.82, 2.24) is 9.78 Å². The van der Waals surface area contributed by atoms with Gasteiger partial charge in [-0.15, -0.1) is 11.3 Å². The molecule has 0 saturated carbocycles. The zero-order chi connectivity index (χ0) is 11.5. The van der Waals surface area contributed by atoms with E-state index in [1.807, 2.05) is 17.5 Å². The number of hydrogen-bond donors (Lipinski definition) is 1. The number of carbonyl (C=O) groups excluding carboxylic acids is 1. The minimum Gasteiger partial charge on any atom is -0.455 e. The number of esters is 1. The van der Waals surface area contributed by atoms with Crippen LogP contribution in [0.1, 0.15) is 15.4 Å². The SMILES string of the molecule is Cn1cc(N)c(C(=O)OCc2cccs2)n1. The van der Waals surface area contributed by atoms with Crippen molar-refractivity contribution in [2.24, 2.45) is 7.05 Å². The van der Waals surface area contributed by atoms with Crippen LogP contribution in [-0.4, -0.2) is 15.7 Å². The molecule has 2 aromatic heterocycles. The number of hydrogen-bond acceptors (Lipinski definition) is 5. The molecule has 0 fully saturated rings. The zero-order valence-electron chi connectivity index (χ0n) is 8.71. The quantitative estimate of drug-likeness (QED) is 0.820. The molecular formula is C10H11N3O2S. The number of anilines is 1. The van der Waals surface area contributed by atoms with E-state index >= 15 is 0 Å². The van der Waals surface area contributed by atoms with Gasteiger partial charge < -0.3 is 10.5 Å². The van der Waals surface area contributed by atoms with Crippen LogP contribution in [0.5, 0.6) is 0 Å². The van der Waals surface area contributed by atoms with Crippen molar-refractivity contribution >= 4 is 23.0 Å². The fourth-order valence-corrected chi connectivity index (χ4v) is 1.88. The standard InChI is InChI=1S/C10H11N3O2S/c1-13-5-8(11)9(12-13)10(14)15-6-7-3-2-4-16-7/h2-5H,6,11H2,1H3. The molecule has 0 aliphatic heterocycles. The molecule has 0 saturated heterocycles. The molecule has 6 heteroatoms. The normalized spacial score (nSPS) is 10.3. The molecule has 0 spiro atoms. The number of thiophene rings is 1. The highest BCUT2D eigenvalue weighted by Crippen LogP contribution is 2.13. The predicted molar refractivity (Wildman–Crippen MR) is 61.1 cm³/mol. The van der Waals surface area contributed by atoms with E-state index in [1.54, 1.807) is 13.2 Å². The Morgan fingerprint density at radius 1 is 1.69 bits per heavy atom. The molecule has 16 heavy (non-hydrogen) atoms. The van der Waals surface area contributed by atoms with Gasteiger partial charge in [0.25, 0.3) is 0 Å². The van der Waals surface area contributed by atoms with E-state index in [-0.39, 0.29) is 12.3 Å². The Bertz CT molecular complexity index is 490. The van der Waals surface area contributed by atoms with Crippen molar-refractivity contribution < 1.29 is 9.53 Å². The summed E-state index contributed by atoms with van der Waals surface area (Å²) in [6, 6.07) is 3.81. The maximum atomic E-state index is 11.6. The second kappa shape index (κ2) is 4.36. The minimum absolute atomic E-state index is 0.166. The van der Waals surface area contributed by atoms with Crippen LogP contribution in [0, 0.1) is 0 Å². The van der Waals surface area contributed by atoms with Crippen molar-refractivity contribution in [2.45, 2.75) is 6.61 Å². The molecule has 0 unspecified atom stereocenters. The lowest BCUT2D eigenvalue weighted by Gasteiger charge is -2.00. The smallest absolute Gasteiger partial charge is 0.361 e. The Morgan fingerprint density at radius 3 is 3.06 bits per heavy atom. The summed E-state index contributed by atoms with van der Waals surface area (Å²) in [6.07, 6.45) is 1.57. The van der Waals surface area contributed by atoms with E-state index in [2.05, 4.69) is 5.10 Å². The Hall–Kier alpha value is -1.82. The molecule has 0 radical (unpaired) electrons. The van der Waals surface area contributed by atoms with Crippen LogP contribution in [0.15, 0.2) is 23.7 Å². The maximum absolute atomic E-state index is 11.6. The third-order valence-electron chi connectivity index (χ3n) is 1.98. The van der Waals surface area contributed by atoms with Crippen molar-refractivity contribution in [3.63, 3.8) is 0 Å². The Labute approximate surface area is 96.4 Å². The summed E-state index contributed by atoms with van der Waals surface area (Å²) in [5, 5.41) is 5.86. The fourth-order valence-electron chi connectivity index (χ4n) is 1.27. The van der Waals surface area contributed by atoms with Crippen molar-refractivity contribution in [1.29, 1.82) is 0 Å². The molecule has 2 rings (SSSR count). The van der Waals surface area contributed by atoms with Crippen LogP contribution in [-0.2, 0) is 18.4 Å². The first-order chi connectivity index (χ1) is 7.66. The number of nitrogen functional groups attached to an aromatic ring is 1. The zero-order valence-corrected chi connectivity index (χ0v) is 9.53. The molecule has 2 heterocycles. The Balaban J connectivity index is 2.01. The van der Waals surface area contributed by atoms with E-state index < -0.39 is 5.97 Å². The monoisotopic (exact) mass is 237 g/mol. The van der Waals surface area contributed by atoms with E-state index in [4.69, 9.17) is 10.5 Å². The highest BCUT2D eigenvalue weighted by Gasteiger charge is 2.15. The molecular weight excluding hydrogens is 226 g/mol. The topological polar surface area (TPSA) is 70.1 Å². The summed E-state index contributed by atoms with van der Waals surface area (Å²) in [4.78, 5) is 12.6. The van der Waals surface area contributed by atoms with Crippen molar-refractivity contribution in [3.8, 4) is 0 Å². The third-order valence-corrected chi connectivity index (χ3v) is 2.83. The number of aryl methyl sites for hydroxylation is 1. The van der Waals surface area contributed by atoms with Crippen LogP contribution in [0.2, 0.25) is 0 Å². The number of rotatable bonds is 3. The number of nitrogens with two attached hydrogens (primary N) is 1. The van der Waals surface area contributed by atoms with Crippen LogP contribution >= 0.6 is 11.3 Å². The molecule has 0 atom stereocenters. The van der Waals surface area contributed by atoms with Gasteiger partial charge in [0.2, 0.25) is 0 Å². The predicted octanol–water partition coefficient (Wildman–Crippen LogP) is 1.42. The van der Waals surface area contributed by atoms with Gasteiger partial charge in [-0.2, -0.15) is 5.10 Å². The molecule has 0 aliphatic rings. The molecule has 0 amide bonds. The summed E-state index contributed by atoms with van der Waals surface area (Å²) in [6.45, 7) is 0.256. The molecule has 2 N–H and O–H groups in total. The average molecular weight is 237 g/mol. The molecule has 0 bridgehead atoms. The van der Waals surface area contributed by atoms with E-state index in [0.29, 0.717) is 5.69 Å². The van der Waals surface area contributed by atoms with E-state index in [0.717, 1.165) is 4.88 Å². The summed E-state index contributed by atoms with van der Waals surface area (Å²) in [7, 11) is 1.70. The molecule has 84 valence electrons. The summed E-state index contributed by atoms with van der Waals surface area (Å²) < 4.78 is 6.57. The largest absolute Gasteiger partial charge is 0.455 e. The van der Waals surface area contributed by atoms with Crippen LogP contribution < -0.4 is 5.73 Å². The van der Waals surface area contributed by atoms with Gasteiger partial charge in [-0.1, -0.05) is 6.07 Å². The van der Waals surface area contributed by atoms with Gasteiger partial charge >= 0.3 is 5.97 Å². The van der Waals surface area contributed by atoms with E-state index in [9.17, 15) is 4.79 Å². The van der Waals surface area contributed by atoms with Gasteiger partial charge in [-0.05, 0) is 11.4 Å². The maximum Gasteiger partial charge on any atom is 0.361 e. The third kappa shape index (κ3) is 2.22. The first-order valence-corrected chi connectivity index (χ1v) is 5.53. The number of nitrogens with zero attached hydrogens (tertiary/aromatic N) is 2. The second-order valence-electron chi connectivity index (χ2n) is 3.26. The van der Waals surface area contributed by atoms with Gasteiger partial charge in [0.05, 0.1) is 5.69 Å². The van der Waals surface area contributed by atoms with Gasteiger partial charge in [0, 0.05) is 18.1 Å². The van der Waals surface area contributed by atoms with Crippen LogP contribution in [0.25, 0.3) is 0 Å². The van der Waals surface area contributed by atoms with Crippen molar-refractivity contribution in [3.05, 3.63) is 34.3 Å². The molecule has 0 aromatic carbocycles. The Morgan fingerprint density at radius 2 is 2.50 bits per heavy atom. The number of ether oxygens (including phenoxy) is 1. The second-order valence-corrected chi connectivity index (χ2v) is 4.29. The number of aromatic nitrogens is 2. The fraction of sp³-hybridized carbons (Fsp3) is 0.200. The molecule has 0 aliphatic carbocycles. The highest BCUT2D eigenvalue weighted by atomic mass is 32.1. The molecule has 5 nitrogen and oxygen atoms in total. The van der Waals surface area contributed by atoms with Crippen molar-refractivity contribution in [2.75, 3.05) is 5.73 Å². The first kappa shape index (κ1) is 10.7. The minimum atomic E-state index is -0.494. The van der Waals surface area contributed by atoms with Crippen LogP contribution in [0.3, 0.4) is 0 Å². The Kier molecular flexibility index (Phi) is 2.91. The van der Waals surface area contributed by atoms with Gasteiger partial charge in [-0.3, -0.25) is 4.68 Å². The van der Waals surface area contributed by atoms with Gasteiger partial charge in [0.1, 0.15) is 6.61 Å². The summed E-state index contributed by atoms with van der Waals surface area (Å²) >= 11 is 1.54. The first-order valence-electron chi connectivity index (χ1n) is 4.65. The summed E-state index contributed by atoms with van der Waals surface area (Å²) in [5.41, 5.74) is 6.11. The summed E-state index contributed by atoms with van der Waals surface area (Å²) in [5.74, 6) is -0.494. The highest BCUT2D eigenvalue weighted by molar-refractivity contribution is 7.09. The van der Waals surface area contributed by atoms with Gasteiger partial charge in [0.15, 0.2) is 5.69 Å². The number of carbonyl (C=O) groups is 1. The van der Waals surface area contributed by atoms with E-state index in [1.165, 1.54) is 16.0 Å². The lowest BCUT2D eigenvalue weighted by Crippen LogP contribution is -2.08. The van der Waals surface area contributed by atoms with Gasteiger partial charge in [-0.25, -0.2) is 4.79 Å². The lowest BCUT2D eigenvalue weighted by molar-refractivity contribution is 0.0470. The van der Waals surface area contributed by atoms with Crippen LogP contribution in [0.4, 0.5) is 5.69 Å². The molecule has 2 aromatic rings. The average Bonchev–Trinajstić information content (AvgIpc) is 2.84.